The Bertz CT molecular complexity index is 1670. The molecule has 15 heteroatoms. The topological polar surface area (TPSA) is 116 Å². The molecule has 8 rings (SSSR count). The van der Waals surface area contributed by atoms with Crippen molar-refractivity contribution in [3.63, 3.8) is 0 Å². The van der Waals surface area contributed by atoms with Crippen molar-refractivity contribution in [2.45, 2.75) is 75.7 Å². The first-order valence-corrected chi connectivity index (χ1v) is 14.0. The van der Waals surface area contributed by atoms with Crippen molar-refractivity contribution >= 4 is 11.5 Å². The number of anilines is 1. The lowest BCUT2D eigenvalue weighted by Crippen LogP contribution is -2.72. The summed E-state index contributed by atoms with van der Waals surface area (Å²) < 4.78 is 101. The van der Waals surface area contributed by atoms with E-state index in [4.69, 9.17) is 15.7 Å². The number of rotatable bonds is 7. The first-order valence-electron chi connectivity index (χ1n) is 14.0. The molecule has 2 atom stereocenters. The third-order valence-electron chi connectivity index (χ3n) is 9.01. The van der Waals surface area contributed by atoms with Crippen LogP contribution < -0.4 is 20.5 Å². The van der Waals surface area contributed by atoms with Crippen LogP contribution in [-0.2, 0) is 17.3 Å². The lowest BCUT2D eigenvalue weighted by atomic mass is 9.40. The van der Waals surface area contributed by atoms with Crippen LogP contribution in [0, 0.1) is 11.2 Å². The van der Waals surface area contributed by atoms with Crippen molar-refractivity contribution < 1.29 is 45.8 Å². The fourth-order valence-electron chi connectivity index (χ4n) is 6.99. The predicted octanol–water partition coefficient (Wildman–Crippen LogP) is 6.59. The number of alkyl halides is 5. The summed E-state index contributed by atoms with van der Waals surface area (Å²) in [4.78, 5) is 0. The molecule has 0 amide bonds. The number of nitrogens with two attached hydrogens (primary N) is 1. The molecule has 1 aliphatic heterocycles. The van der Waals surface area contributed by atoms with E-state index < -0.39 is 47.1 Å². The van der Waals surface area contributed by atoms with Gasteiger partial charge in [-0.15, -0.1) is 8.78 Å². The molecular formula is C29H27F6N5O4. The first kappa shape index (κ1) is 28.6. The summed E-state index contributed by atoms with van der Waals surface area (Å²) in [5, 5.41) is 19.1. The fraction of sp³-hybridized carbons (Fsp3) is 0.448. The van der Waals surface area contributed by atoms with Crippen LogP contribution in [0.2, 0.25) is 0 Å². The second-order valence-corrected chi connectivity index (χ2v) is 12.0. The molecule has 44 heavy (non-hydrogen) atoms. The van der Waals surface area contributed by atoms with E-state index >= 15 is 4.39 Å². The number of ether oxygens (including phenoxy) is 3. The van der Waals surface area contributed by atoms with Crippen molar-refractivity contribution in [3.05, 3.63) is 64.7 Å². The van der Waals surface area contributed by atoms with Gasteiger partial charge in [0.25, 0.3) is 0 Å². The number of nitrogens with one attached hydrogen (secondary N) is 1. The lowest BCUT2D eigenvalue weighted by Gasteiger charge is -2.69. The Morgan fingerprint density at radius 3 is 2.59 bits per heavy atom. The van der Waals surface area contributed by atoms with E-state index in [0.717, 1.165) is 6.07 Å². The normalized spacial score (nSPS) is 27.2. The summed E-state index contributed by atoms with van der Waals surface area (Å²) in [6, 6.07) is 7.34. The molecule has 234 valence electrons. The van der Waals surface area contributed by atoms with E-state index in [0.29, 0.717) is 37.7 Å². The summed E-state index contributed by atoms with van der Waals surface area (Å²) in [6.45, 7) is 1.66. The van der Waals surface area contributed by atoms with Crippen LogP contribution >= 0.6 is 0 Å². The molecule has 1 aromatic heterocycles. The van der Waals surface area contributed by atoms with E-state index in [1.54, 1.807) is 6.92 Å². The van der Waals surface area contributed by atoms with Crippen LogP contribution in [0.1, 0.15) is 73.7 Å². The van der Waals surface area contributed by atoms with Gasteiger partial charge >= 0.3 is 12.5 Å². The van der Waals surface area contributed by atoms with E-state index in [1.807, 2.05) is 0 Å². The summed E-state index contributed by atoms with van der Waals surface area (Å²) in [5.74, 6) is -0.875. The number of oxime groups is 1. The minimum Gasteiger partial charge on any atom is -0.409 e. The molecule has 0 radical (unpaired) electrons. The molecule has 5 aliphatic rings. The number of amidine groups is 1. The Hall–Kier alpha value is -4.14. The van der Waals surface area contributed by atoms with Gasteiger partial charge in [-0.05, 0) is 81.3 Å². The average molecular weight is 624 g/mol. The highest BCUT2D eigenvalue weighted by molar-refractivity contribution is 5.90. The zero-order chi connectivity index (χ0) is 31.2. The maximum absolute atomic E-state index is 15.0. The summed E-state index contributed by atoms with van der Waals surface area (Å²) in [6.07, 6.45) is -6.65. The van der Waals surface area contributed by atoms with Crippen molar-refractivity contribution in [1.29, 1.82) is 0 Å². The van der Waals surface area contributed by atoms with Gasteiger partial charge in [0.05, 0.1) is 22.7 Å². The maximum Gasteiger partial charge on any atom is 0.586 e. The molecule has 2 bridgehead atoms. The van der Waals surface area contributed by atoms with Gasteiger partial charge in [0, 0.05) is 17.0 Å². The van der Waals surface area contributed by atoms with Crippen LogP contribution in [0.4, 0.5) is 32.0 Å². The Kier molecular flexibility index (Phi) is 6.13. The number of hydrogen-bond donors (Lipinski definition) is 3. The molecule has 1 unspecified atom stereocenters. The van der Waals surface area contributed by atoms with Gasteiger partial charge in [-0.2, -0.15) is 18.3 Å². The van der Waals surface area contributed by atoms with Gasteiger partial charge in [-0.1, -0.05) is 11.2 Å². The molecule has 0 saturated heterocycles. The number of nitrogens with zero attached hydrogens (tertiary/aromatic N) is 3. The number of halogens is 6. The zero-order valence-electron chi connectivity index (χ0n) is 23.2. The Labute approximate surface area is 246 Å². The van der Waals surface area contributed by atoms with Crippen LogP contribution in [-0.4, -0.2) is 32.7 Å². The molecule has 0 spiro atoms. The van der Waals surface area contributed by atoms with Crippen molar-refractivity contribution in [2.24, 2.45) is 16.3 Å². The van der Waals surface area contributed by atoms with Crippen LogP contribution in [0.3, 0.4) is 0 Å². The molecule has 3 fully saturated rings. The molecule has 3 aromatic rings. The fourth-order valence-corrected chi connectivity index (χ4v) is 6.99. The van der Waals surface area contributed by atoms with Crippen molar-refractivity contribution in [1.82, 2.24) is 9.78 Å². The Balaban J connectivity index is 1.19. The number of hydrogen-bond acceptors (Lipinski definition) is 7. The summed E-state index contributed by atoms with van der Waals surface area (Å²) >= 11 is 0. The SMILES string of the molecule is C[C@H](Nc1cc(-n2nc(C(F)(F)F)c3c2C(OC24CC(/C(N)=N\O)(C2)C4)CCC3)ccc1F)c1ccc2c(c1)OC(F)(F)O2. The minimum absolute atomic E-state index is 0.0378. The van der Waals surface area contributed by atoms with Gasteiger partial charge in [-0.25, -0.2) is 9.07 Å². The quantitative estimate of drug-likeness (QED) is 0.0895. The highest BCUT2D eigenvalue weighted by Gasteiger charge is 2.72. The van der Waals surface area contributed by atoms with Gasteiger partial charge < -0.3 is 30.5 Å². The van der Waals surface area contributed by atoms with Gasteiger partial charge in [0.2, 0.25) is 0 Å². The third kappa shape index (κ3) is 4.50. The van der Waals surface area contributed by atoms with E-state index in [-0.39, 0.29) is 46.4 Å². The highest BCUT2D eigenvalue weighted by atomic mass is 19.4. The van der Waals surface area contributed by atoms with Gasteiger partial charge in [-0.3, -0.25) is 0 Å². The van der Waals surface area contributed by atoms with Crippen LogP contribution in [0.5, 0.6) is 11.5 Å². The number of benzene rings is 2. The van der Waals surface area contributed by atoms with Crippen molar-refractivity contribution in [2.75, 3.05) is 5.32 Å². The van der Waals surface area contributed by atoms with Crippen LogP contribution in [0.25, 0.3) is 5.69 Å². The van der Waals surface area contributed by atoms with E-state index in [2.05, 4.69) is 25.0 Å². The average Bonchev–Trinajstić information content (AvgIpc) is 3.47. The second-order valence-electron chi connectivity index (χ2n) is 12.0. The molecule has 2 aromatic carbocycles. The second kappa shape index (κ2) is 9.43. The third-order valence-corrected chi connectivity index (χ3v) is 9.01. The number of fused-ring (bicyclic) bond motifs is 2. The maximum atomic E-state index is 15.0. The van der Waals surface area contributed by atoms with Crippen molar-refractivity contribution in [3.8, 4) is 17.2 Å². The van der Waals surface area contributed by atoms with E-state index in [1.165, 1.54) is 35.0 Å². The zero-order valence-corrected chi connectivity index (χ0v) is 23.2. The minimum atomic E-state index is -4.73. The molecule has 2 heterocycles. The summed E-state index contributed by atoms with van der Waals surface area (Å²) in [7, 11) is 0. The predicted molar refractivity (Wildman–Crippen MR) is 142 cm³/mol. The molecule has 4 N–H and O–H groups in total. The standard InChI is InChI=1S/C29H27F6N5O4/c1-14(15-5-8-20-22(9-15)44-29(34,35)43-20)37-19-10-16(6-7-18(19)30)40-23-17(24(38-40)28(31,32)33)3-2-4-21(23)42-27-11-26(12-27,13-27)25(36)39-41/h5-10,14,21,37,41H,2-4,11-13H2,1H3,(H2,36,39)/t14-,21?,26?,27?/m0/s1. The van der Waals surface area contributed by atoms with Crippen LogP contribution in [0.15, 0.2) is 41.6 Å². The summed E-state index contributed by atoms with van der Waals surface area (Å²) in [5.41, 5.74) is 4.69. The highest BCUT2D eigenvalue weighted by Crippen LogP contribution is 2.70. The lowest BCUT2D eigenvalue weighted by molar-refractivity contribution is -0.286. The molecule has 3 saturated carbocycles. The van der Waals surface area contributed by atoms with Gasteiger partial charge in [0.1, 0.15) is 17.8 Å². The molecule has 4 aliphatic carbocycles. The molecular weight excluding hydrogens is 596 g/mol. The first-order chi connectivity index (χ1) is 20.7. The van der Waals surface area contributed by atoms with Gasteiger partial charge in [0.15, 0.2) is 17.2 Å². The Morgan fingerprint density at radius 1 is 1.16 bits per heavy atom. The number of aromatic nitrogens is 2. The van der Waals surface area contributed by atoms with E-state index in [9.17, 15) is 22.0 Å². The monoisotopic (exact) mass is 623 g/mol. The Morgan fingerprint density at radius 2 is 1.89 bits per heavy atom. The largest absolute Gasteiger partial charge is 0.586 e. The smallest absolute Gasteiger partial charge is 0.409 e. The molecule has 9 nitrogen and oxygen atoms in total.